The third-order valence-corrected chi connectivity index (χ3v) is 4.53. The summed E-state index contributed by atoms with van der Waals surface area (Å²) in [6.45, 7) is 0. The molecule has 1 aliphatic rings. The number of carbonyl (C=O) groups is 1. The summed E-state index contributed by atoms with van der Waals surface area (Å²) in [5, 5.41) is 19.5. The van der Waals surface area contributed by atoms with Gasteiger partial charge >= 0.3 is 5.97 Å². The van der Waals surface area contributed by atoms with E-state index in [-0.39, 0.29) is 11.8 Å². The Morgan fingerprint density at radius 3 is 2.58 bits per heavy atom. The van der Waals surface area contributed by atoms with E-state index in [2.05, 4.69) is 19.9 Å². The number of nitrogens with one attached hydrogen (secondary N) is 1. The first kappa shape index (κ1) is 16.4. The molecule has 0 aliphatic heterocycles. The van der Waals surface area contributed by atoms with Gasteiger partial charge in [-0.05, 0) is 31.7 Å². The molecule has 1 aromatic carbocycles. The van der Waals surface area contributed by atoms with E-state index in [1.807, 2.05) is 30.3 Å². The van der Waals surface area contributed by atoms with Crippen molar-refractivity contribution in [2.24, 2.45) is 4.99 Å². The molecule has 2 heterocycles. The number of benzene rings is 1. The molecule has 2 aromatic heterocycles. The lowest BCUT2D eigenvalue weighted by Crippen LogP contribution is -2.17. The molecule has 1 saturated carbocycles. The van der Waals surface area contributed by atoms with E-state index in [9.17, 15) is 15.0 Å². The maximum absolute atomic E-state index is 11.3. The van der Waals surface area contributed by atoms with Crippen LogP contribution in [-0.2, 0) is 0 Å². The lowest BCUT2D eigenvalue weighted by molar-refractivity contribution is 0.0691. The van der Waals surface area contributed by atoms with Crippen LogP contribution in [0.3, 0.4) is 0 Å². The summed E-state index contributed by atoms with van der Waals surface area (Å²) in [7, 11) is 0. The van der Waals surface area contributed by atoms with E-state index in [1.165, 1.54) is 6.07 Å². The second kappa shape index (κ2) is 6.68. The number of aromatic nitrogens is 3. The summed E-state index contributed by atoms with van der Waals surface area (Å²) >= 11 is 0. The molecular formula is C19H18N4O3. The molecule has 7 nitrogen and oxygen atoms in total. The number of H-pyrrole nitrogens is 1. The number of nitrogens with zero attached hydrogens (tertiary/aromatic N) is 3. The number of hydrogen-bond donors (Lipinski definition) is 3. The van der Waals surface area contributed by atoms with Crippen molar-refractivity contribution in [1.29, 1.82) is 0 Å². The SMILES string of the molecule is O=C(O)c1cc2c(N=C3CCC(O)CC3)nc(-c3ccccc3)nc2[nH]1. The molecule has 0 spiro atoms. The van der Waals surface area contributed by atoms with Crippen LogP contribution in [0, 0.1) is 0 Å². The summed E-state index contributed by atoms with van der Waals surface area (Å²) in [6.07, 6.45) is 2.52. The largest absolute Gasteiger partial charge is 0.477 e. The summed E-state index contributed by atoms with van der Waals surface area (Å²) in [6, 6.07) is 11.0. The van der Waals surface area contributed by atoms with Gasteiger partial charge in [0.15, 0.2) is 11.6 Å². The number of aromatic carboxylic acids is 1. The molecule has 7 heteroatoms. The number of aliphatic imine (C=N–C) groups is 1. The molecule has 0 unspecified atom stereocenters. The molecule has 0 saturated heterocycles. The first-order chi connectivity index (χ1) is 12.6. The van der Waals surface area contributed by atoms with Crippen LogP contribution >= 0.6 is 0 Å². The van der Waals surface area contributed by atoms with E-state index in [0.717, 1.165) is 11.3 Å². The van der Waals surface area contributed by atoms with E-state index in [4.69, 9.17) is 0 Å². The minimum atomic E-state index is -1.05. The third-order valence-electron chi connectivity index (χ3n) is 4.53. The molecule has 0 amide bonds. The Morgan fingerprint density at radius 2 is 1.88 bits per heavy atom. The van der Waals surface area contributed by atoms with Crippen LogP contribution in [0.2, 0.25) is 0 Å². The van der Waals surface area contributed by atoms with Crippen LogP contribution in [0.15, 0.2) is 41.4 Å². The highest BCUT2D eigenvalue weighted by Crippen LogP contribution is 2.29. The van der Waals surface area contributed by atoms with E-state index < -0.39 is 5.97 Å². The Hall–Kier alpha value is -3.06. The average Bonchev–Trinajstić information content (AvgIpc) is 3.09. The zero-order valence-electron chi connectivity index (χ0n) is 14.0. The Morgan fingerprint density at radius 1 is 1.15 bits per heavy atom. The highest BCUT2D eigenvalue weighted by molar-refractivity contribution is 5.98. The van der Waals surface area contributed by atoms with E-state index in [1.54, 1.807) is 0 Å². The molecule has 1 fully saturated rings. The Kier molecular flexibility index (Phi) is 4.22. The van der Waals surface area contributed by atoms with Gasteiger partial charge in [-0.25, -0.2) is 19.8 Å². The molecule has 3 N–H and O–H groups in total. The van der Waals surface area contributed by atoms with Gasteiger partial charge in [0.2, 0.25) is 0 Å². The van der Waals surface area contributed by atoms with E-state index in [0.29, 0.717) is 48.4 Å². The number of aromatic amines is 1. The van der Waals surface area contributed by atoms with Crippen LogP contribution in [0.5, 0.6) is 0 Å². The van der Waals surface area contributed by atoms with Gasteiger partial charge in [0, 0.05) is 11.3 Å². The van der Waals surface area contributed by atoms with Crippen molar-refractivity contribution in [2.75, 3.05) is 0 Å². The zero-order valence-corrected chi connectivity index (χ0v) is 14.0. The van der Waals surface area contributed by atoms with Gasteiger partial charge in [0.05, 0.1) is 11.5 Å². The molecular weight excluding hydrogens is 332 g/mol. The maximum atomic E-state index is 11.3. The summed E-state index contributed by atoms with van der Waals surface area (Å²) < 4.78 is 0. The number of aliphatic hydroxyl groups excluding tert-OH is 1. The normalized spacial score (nSPS) is 17.4. The van der Waals surface area contributed by atoms with Crippen molar-refractivity contribution in [3.63, 3.8) is 0 Å². The summed E-state index contributed by atoms with van der Waals surface area (Å²) in [5.74, 6) is -0.0975. The lowest BCUT2D eigenvalue weighted by atomic mass is 9.96. The monoisotopic (exact) mass is 350 g/mol. The van der Waals surface area contributed by atoms with Crippen molar-refractivity contribution >= 4 is 28.5 Å². The fourth-order valence-electron chi connectivity index (χ4n) is 3.11. The second-order valence-corrected chi connectivity index (χ2v) is 6.40. The first-order valence-corrected chi connectivity index (χ1v) is 8.54. The number of carboxylic acid groups (broad SMARTS) is 1. The van der Waals surface area contributed by atoms with Crippen LogP contribution in [0.4, 0.5) is 5.82 Å². The third kappa shape index (κ3) is 3.21. The zero-order chi connectivity index (χ0) is 18.1. The van der Waals surface area contributed by atoms with Crippen molar-refractivity contribution in [3.05, 3.63) is 42.1 Å². The van der Waals surface area contributed by atoms with Crippen molar-refractivity contribution in [1.82, 2.24) is 15.0 Å². The summed E-state index contributed by atoms with van der Waals surface area (Å²) in [5.41, 5.74) is 2.31. The number of hydrogen-bond acceptors (Lipinski definition) is 5. The predicted molar refractivity (Wildman–Crippen MR) is 97.9 cm³/mol. The molecule has 26 heavy (non-hydrogen) atoms. The summed E-state index contributed by atoms with van der Waals surface area (Å²) in [4.78, 5) is 27.9. The number of rotatable bonds is 3. The average molecular weight is 350 g/mol. The van der Waals surface area contributed by atoms with E-state index >= 15 is 0 Å². The Balaban J connectivity index is 1.85. The first-order valence-electron chi connectivity index (χ1n) is 8.54. The molecule has 0 bridgehead atoms. The van der Waals surface area contributed by atoms with Gasteiger partial charge in [-0.3, -0.25) is 0 Å². The maximum Gasteiger partial charge on any atom is 0.352 e. The van der Waals surface area contributed by atoms with Crippen LogP contribution < -0.4 is 0 Å². The Bertz CT molecular complexity index is 985. The highest BCUT2D eigenvalue weighted by atomic mass is 16.4. The van der Waals surface area contributed by atoms with Crippen LogP contribution in [0.1, 0.15) is 36.2 Å². The minimum Gasteiger partial charge on any atom is -0.477 e. The van der Waals surface area contributed by atoms with Gasteiger partial charge in [0.1, 0.15) is 11.3 Å². The lowest BCUT2D eigenvalue weighted by Gasteiger charge is -2.18. The standard InChI is InChI=1S/C19H18N4O3/c24-13-8-6-12(7-9-13)20-17-14-10-15(19(25)26)21-18(14)23-16(22-17)11-4-2-1-3-5-11/h1-5,10,13,24H,6-9H2,(H,25,26)(H,21,22,23). The van der Waals surface area contributed by atoms with Gasteiger partial charge in [-0.2, -0.15) is 0 Å². The topological polar surface area (TPSA) is 111 Å². The van der Waals surface area contributed by atoms with Gasteiger partial charge in [0.25, 0.3) is 0 Å². The second-order valence-electron chi connectivity index (χ2n) is 6.40. The van der Waals surface area contributed by atoms with Gasteiger partial charge in [-0.15, -0.1) is 0 Å². The van der Waals surface area contributed by atoms with Crippen molar-refractivity contribution in [3.8, 4) is 11.4 Å². The van der Waals surface area contributed by atoms with Crippen LogP contribution in [0.25, 0.3) is 22.4 Å². The molecule has 132 valence electrons. The number of aliphatic hydroxyl groups is 1. The fourth-order valence-corrected chi connectivity index (χ4v) is 3.11. The minimum absolute atomic E-state index is 0.0556. The van der Waals surface area contributed by atoms with Crippen LogP contribution in [-0.4, -0.2) is 42.9 Å². The predicted octanol–water partition coefficient (Wildman–Crippen LogP) is 3.33. The Labute approximate surface area is 149 Å². The molecule has 1 aliphatic carbocycles. The molecule has 3 aromatic rings. The number of carboxylic acids is 1. The molecule has 4 rings (SSSR count). The van der Waals surface area contributed by atoms with Crippen molar-refractivity contribution in [2.45, 2.75) is 31.8 Å². The number of fused-ring (bicyclic) bond motifs is 1. The fraction of sp³-hybridized carbons (Fsp3) is 0.263. The highest BCUT2D eigenvalue weighted by Gasteiger charge is 2.18. The van der Waals surface area contributed by atoms with Gasteiger partial charge in [-0.1, -0.05) is 30.3 Å². The quantitative estimate of drug-likeness (QED) is 0.671. The smallest absolute Gasteiger partial charge is 0.352 e. The molecule has 0 radical (unpaired) electrons. The van der Waals surface area contributed by atoms with Crippen molar-refractivity contribution < 1.29 is 15.0 Å². The van der Waals surface area contributed by atoms with Gasteiger partial charge < -0.3 is 15.2 Å². The molecule has 0 atom stereocenters.